The molecule has 1 amide bonds. The molecule has 4 aromatic rings. The van der Waals surface area contributed by atoms with E-state index >= 15 is 0 Å². The van der Waals surface area contributed by atoms with E-state index in [4.69, 9.17) is 4.42 Å². The first-order valence-corrected chi connectivity index (χ1v) is 10.9. The number of nitrogens with zero attached hydrogens (tertiary/aromatic N) is 3. The van der Waals surface area contributed by atoms with Crippen molar-refractivity contribution in [1.29, 1.82) is 0 Å². The molecule has 3 aromatic heterocycles. The summed E-state index contributed by atoms with van der Waals surface area (Å²) in [5, 5.41) is 14.3. The Labute approximate surface area is 177 Å². The van der Waals surface area contributed by atoms with Gasteiger partial charge < -0.3 is 14.3 Å². The summed E-state index contributed by atoms with van der Waals surface area (Å²) in [6, 6.07) is 15.7. The zero-order valence-corrected chi connectivity index (χ0v) is 17.7. The van der Waals surface area contributed by atoms with Crippen LogP contribution in [0.4, 0.5) is 0 Å². The van der Waals surface area contributed by atoms with Crippen molar-refractivity contribution in [3.8, 4) is 11.4 Å². The van der Waals surface area contributed by atoms with Crippen LogP contribution in [0.1, 0.15) is 22.2 Å². The van der Waals surface area contributed by atoms with E-state index in [1.807, 2.05) is 72.4 Å². The van der Waals surface area contributed by atoms with Gasteiger partial charge in [0, 0.05) is 11.9 Å². The van der Waals surface area contributed by atoms with E-state index in [1.54, 1.807) is 17.6 Å². The third-order valence-electron chi connectivity index (χ3n) is 4.53. The second-order valence-electron chi connectivity index (χ2n) is 6.47. The van der Waals surface area contributed by atoms with Crippen molar-refractivity contribution in [2.24, 2.45) is 7.05 Å². The standard InChI is InChI=1S/C21H20N4O2S2/c1-14-16(10-11-27-14)20-23-24-21(25(20)2)29-13-18(26)22-19(17-9-6-12-28-17)15-7-4-3-5-8-15/h3-12,19H,13H2,1-2H3,(H,22,26)/t19-/m1/s1. The zero-order valence-electron chi connectivity index (χ0n) is 16.0. The van der Waals surface area contributed by atoms with Crippen LogP contribution in [0.5, 0.6) is 0 Å². The lowest BCUT2D eigenvalue weighted by Crippen LogP contribution is -2.30. The number of furan rings is 1. The predicted octanol–water partition coefficient (Wildman–Crippen LogP) is 4.44. The highest BCUT2D eigenvalue weighted by atomic mass is 32.2. The fraction of sp³-hybridized carbons (Fsp3) is 0.190. The molecule has 0 bridgehead atoms. The molecule has 148 valence electrons. The Bertz CT molecular complexity index is 1090. The van der Waals surface area contributed by atoms with Crippen LogP contribution < -0.4 is 5.32 Å². The molecule has 8 heteroatoms. The number of nitrogens with one attached hydrogen (secondary N) is 1. The minimum atomic E-state index is -0.159. The van der Waals surface area contributed by atoms with E-state index in [1.165, 1.54) is 11.8 Å². The van der Waals surface area contributed by atoms with Gasteiger partial charge in [0.05, 0.1) is 23.6 Å². The Morgan fingerprint density at radius 3 is 2.72 bits per heavy atom. The summed E-state index contributed by atoms with van der Waals surface area (Å²) in [7, 11) is 1.89. The largest absolute Gasteiger partial charge is 0.469 e. The molecule has 0 fully saturated rings. The lowest BCUT2D eigenvalue weighted by molar-refractivity contribution is -0.119. The number of hydrogen-bond acceptors (Lipinski definition) is 6. The molecule has 1 atom stereocenters. The monoisotopic (exact) mass is 424 g/mol. The summed E-state index contributed by atoms with van der Waals surface area (Å²) >= 11 is 2.99. The van der Waals surface area contributed by atoms with E-state index in [0.29, 0.717) is 5.16 Å². The van der Waals surface area contributed by atoms with E-state index in [2.05, 4.69) is 15.5 Å². The van der Waals surface area contributed by atoms with Gasteiger partial charge >= 0.3 is 0 Å². The SMILES string of the molecule is Cc1occc1-c1nnc(SCC(=O)N[C@H](c2ccccc2)c2cccs2)n1C. The zero-order chi connectivity index (χ0) is 20.2. The van der Waals surface area contributed by atoms with Gasteiger partial charge in [0.15, 0.2) is 11.0 Å². The van der Waals surface area contributed by atoms with E-state index in [-0.39, 0.29) is 17.7 Å². The summed E-state index contributed by atoms with van der Waals surface area (Å²) in [6.07, 6.45) is 1.63. The van der Waals surface area contributed by atoms with Crippen LogP contribution in [-0.4, -0.2) is 26.4 Å². The molecule has 0 saturated carbocycles. The predicted molar refractivity (Wildman–Crippen MR) is 115 cm³/mol. The highest BCUT2D eigenvalue weighted by Gasteiger charge is 2.19. The molecule has 1 N–H and O–H groups in total. The molecule has 3 heterocycles. The maximum absolute atomic E-state index is 12.7. The highest BCUT2D eigenvalue weighted by Crippen LogP contribution is 2.28. The number of benzene rings is 1. The lowest BCUT2D eigenvalue weighted by Gasteiger charge is -2.18. The van der Waals surface area contributed by atoms with E-state index in [9.17, 15) is 4.79 Å². The summed E-state index contributed by atoms with van der Waals surface area (Å²) in [6.45, 7) is 1.89. The first kappa shape index (κ1) is 19.5. The van der Waals surface area contributed by atoms with Crippen molar-refractivity contribution in [2.45, 2.75) is 18.1 Å². The summed E-state index contributed by atoms with van der Waals surface area (Å²) in [5.41, 5.74) is 1.96. The van der Waals surface area contributed by atoms with Gasteiger partial charge in [0.1, 0.15) is 5.76 Å². The highest BCUT2D eigenvalue weighted by molar-refractivity contribution is 7.99. The molecule has 0 saturated heterocycles. The first-order chi connectivity index (χ1) is 14.1. The lowest BCUT2D eigenvalue weighted by atomic mass is 10.1. The van der Waals surface area contributed by atoms with Crippen LogP contribution in [0.2, 0.25) is 0 Å². The van der Waals surface area contributed by atoms with Crippen LogP contribution in [0, 0.1) is 6.92 Å². The van der Waals surface area contributed by atoms with Crippen LogP contribution in [0.15, 0.2) is 69.7 Å². The fourth-order valence-corrected chi connectivity index (χ4v) is 4.57. The maximum atomic E-state index is 12.7. The number of amides is 1. The van der Waals surface area contributed by atoms with Gasteiger partial charge in [-0.3, -0.25) is 4.79 Å². The molecule has 1 aromatic carbocycles. The molecule has 29 heavy (non-hydrogen) atoms. The van der Waals surface area contributed by atoms with E-state index in [0.717, 1.165) is 27.6 Å². The number of aromatic nitrogens is 3. The molecule has 0 aliphatic carbocycles. The van der Waals surface area contributed by atoms with E-state index < -0.39 is 0 Å². The molecule has 0 radical (unpaired) electrons. The minimum Gasteiger partial charge on any atom is -0.469 e. The summed E-state index contributed by atoms with van der Waals surface area (Å²) < 4.78 is 7.23. The van der Waals surface area contributed by atoms with Gasteiger partial charge in [0.25, 0.3) is 0 Å². The quantitative estimate of drug-likeness (QED) is 0.444. The van der Waals surface area contributed by atoms with Crippen molar-refractivity contribution in [3.05, 3.63) is 76.4 Å². The summed E-state index contributed by atoms with van der Waals surface area (Å²) in [4.78, 5) is 13.8. The van der Waals surface area contributed by atoms with Crippen LogP contribution >= 0.6 is 23.1 Å². The molecule has 6 nitrogen and oxygen atoms in total. The van der Waals surface area contributed by atoms with Crippen molar-refractivity contribution >= 4 is 29.0 Å². The average Bonchev–Trinajstić information content (AvgIpc) is 3.47. The van der Waals surface area contributed by atoms with Gasteiger partial charge in [-0.15, -0.1) is 21.5 Å². The third-order valence-corrected chi connectivity index (χ3v) is 6.49. The Morgan fingerprint density at radius 1 is 1.21 bits per heavy atom. The summed E-state index contributed by atoms with van der Waals surface area (Å²) in [5.74, 6) is 1.71. The van der Waals surface area contributed by atoms with Crippen molar-refractivity contribution in [3.63, 3.8) is 0 Å². The number of aryl methyl sites for hydroxylation is 1. The molecular formula is C21H20N4O2S2. The fourth-order valence-electron chi connectivity index (χ4n) is 3.04. The van der Waals surface area contributed by atoms with Crippen LogP contribution in [0.3, 0.4) is 0 Å². The Balaban J connectivity index is 1.45. The maximum Gasteiger partial charge on any atom is 0.231 e. The van der Waals surface area contributed by atoms with Crippen LogP contribution in [-0.2, 0) is 11.8 Å². The first-order valence-electron chi connectivity index (χ1n) is 9.08. The smallest absolute Gasteiger partial charge is 0.231 e. The van der Waals surface area contributed by atoms with Crippen molar-refractivity contribution in [2.75, 3.05) is 5.75 Å². The second kappa shape index (κ2) is 8.67. The van der Waals surface area contributed by atoms with Crippen molar-refractivity contribution in [1.82, 2.24) is 20.1 Å². The second-order valence-corrected chi connectivity index (χ2v) is 8.39. The number of carbonyl (C=O) groups is 1. The van der Waals surface area contributed by atoms with Crippen molar-refractivity contribution < 1.29 is 9.21 Å². The van der Waals surface area contributed by atoms with Gasteiger partial charge in [-0.1, -0.05) is 48.2 Å². The minimum absolute atomic E-state index is 0.0544. The van der Waals surface area contributed by atoms with Gasteiger partial charge in [-0.05, 0) is 30.0 Å². The normalized spacial score (nSPS) is 12.1. The average molecular weight is 425 g/mol. The van der Waals surface area contributed by atoms with Gasteiger partial charge in [0.2, 0.25) is 5.91 Å². The number of hydrogen-bond donors (Lipinski definition) is 1. The molecule has 4 rings (SSSR count). The topological polar surface area (TPSA) is 72.9 Å². The number of rotatable bonds is 7. The molecule has 0 aliphatic heterocycles. The number of thiophene rings is 1. The van der Waals surface area contributed by atoms with Gasteiger partial charge in [-0.2, -0.15) is 0 Å². The Hall–Kier alpha value is -2.84. The molecule has 0 aliphatic rings. The number of thioether (sulfide) groups is 1. The molecular weight excluding hydrogens is 404 g/mol. The Kier molecular flexibility index (Phi) is 5.82. The Morgan fingerprint density at radius 2 is 2.03 bits per heavy atom. The van der Waals surface area contributed by atoms with Crippen LogP contribution in [0.25, 0.3) is 11.4 Å². The number of carbonyl (C=O) groups excluding carboxylic acids is 1. The molecule has 0 spiro atoms. The molecule has 0 unspecified atom stereocenters. The van der Waals surface area contributed by atoms with Gasteiger partial charge in [-0.25, -0.2) is 0 Å². The third kappa shape index (κ3) is 4.28.